The Labute approximate surface area is 155 Å². The Morgan fingerprint density at radius 3 is 2.42 bits per heavy atom. The molecule has 0 amide bonds. The van der Waals surface area contributed by atoms with E-state index in [9.17, 15) is 13.2 Å². The van der Waals surface area contributed by atoms with E-state index in [1.54, 1.807) is 0 Å². The lowest BCUT2D eigenvalue weighted by Gasteiger charge is -2.40. The molecule has 0 N–H and O–H groups in total. The average molecular weight is 364 g/mol. The van der Waals surface area contributed by atoms with Gasteiger partial charge in [-0.2, -0.15) is 0 Å². The van der Waals surface area contributed by atoms with Crippen LogP contribution in [-0.4, -0.2) is 0 Å². The second kappa shape index (κ2) is 8.19. The minimum atomic E-state index is -1.35. The highest BCUT2D eigenvalue weighted by Crippen LogP contribution is 2.46. The summed E-state index contributed by atoms with van der Waals surface area (Å²) in [7, 11) is 0. The second-order valence-corrected chi connectivity index (χ2v) is 8.58. The first-order chi connectivity index (χ1) is 12.4. The van der Waals surface area contributed by atoms with Gasteiger partial charge in [-0.15, -0.1) is 0 Å². The summed E-state index contributed by atoms with van der Waals surface area (Å²) in [5.41, 5.74) is 2.28. The largest absolute Gasteiger partial charge is 0.204 e. The van der Waals surface area contributed by atoms with Crippen LogP contribution in [0, 0.1) is 41.1 Å². The van der Waals surface area contributed by atoms with Crippen LogP contribution in [0.1, 0.15) is 77.7 Å². The topological polar surface area (TPSA) is 0 Å². The maximum Gasteiger partial charge on any atom is 0.195 e. The summed E-state index contributed by atoms with van der Waals surface area (Å²) in [5.74, 6) is -0.427. The quantitative estimate of drug-likeness (QED) is 0.484. The molecule has 1 aromatic carbocycles. The van der Waals surface area contributed by atoms with Gasteiger partial charge in [-0.05, 0) is 86.8 Å². The van der Waals surface area contributed by atoms with Crippen molar-refractivity contribution in [2.45, 2.75) is 72.1 Å². The van der Waals surface area contributed by atoms with Gasteiger partial charge in [-0.3, -0.25) is 0 Å². The van der Waals surface area contributed by atoms with E-state index in [0.717, 1.165) is 54.2 Å². The lowest BCUT2D eigenvalue weighted by molar-refractivity contribution is 0.133. The fourth-order valence-electron chi connectivity index (χ4n) is 5.42. The summed E-state index contributed by atoms with van der Waals surface area (Å²) in [5, 5.41) is 0. The third-order valence-corrected chi connectivity index (χ3v) is 6.92. The second-order valence-electron chi connectivity index (χ2n) is 8.58. The molecule has 2 aliphatic rings. The molecule has 1 saturated carbocycles. The van der Waals surface area contributed by atoms with Crippen molar-refractivity contribution in [3.05, 3.63) is 40.7 Å². The number of hydrogen-bond acceptors (Lipinski definition) is 0. The molecule has 0 spiro atoms. The standard InChI is InChI=1S/C23H31F3/c1-4-5-16-6-7-17(12-14(16)2)18-8-9-19(15(3)13-18)20-10-11-21(24)23(26)22(20)25/h10-11,14,16-18H,4-9,12-13H2,1-3H3/t14-,16?,17?,18?/m1/s1. The van der Waals surface area contributed by atoms with E-state index in [-0.39, 0.29) is 5.56 Å². The van der Waals surface area contributed by atoms with Crippen molar-refractivity contribution in [3.63, 3.8) is 0 Å². The Bertz CT molecular complexity index is 676. The van der Waals surface area contributed by atoms with Crippen molar-refractivity contribution >= 4 is 5.57 Å². The SMILES string of the molecule is CCCC1CCC(C2CCC(c3ccc(F)c(F)c3F)=C(C)C2)C[C@H]1C. The van der Waals surface area contributed by atoms with Crippen LogP contribution in [0.15, 0.2) is 17.7 Å². The Kier molecular flexibility index (Phi) is 6.14. The van der Waals surface area contributed by atoms with Crippen LogP contribution in [0.4, 0.5) is 13.2 Å². The van der Waals surface area contributed by atoms with Gasteiger partial charge < -0.3 is 0 Å². The van der Waals surface area contributed by atoms with Gasteiger partial charge in [0, 0.05) is 5.56 Å². The molecule has 0 bridgehead atoms. The molecule has 0 heterocycles. The zero-order valence-corrected chi connectivity index (χ0v) is 16.3. The minimum Gasteiger partial charge on any atom is -0.204 e. The lowest BCUT2D eigenvalue weighted by atomic mass is 9.65. The number of halogens is 3. The zero-order valence-electron chi connectivity index (χ0n) is 16.3. The molecular formula is C23H31F3. The third kappa shape index (κ3) is 3.87. The van der Waals surface area contributed by atoms with E-state index in [1.165, 1.54) is 38.2 Å². The molecule has 144 valence electrons. The fraction of sp³-hybridized carbons (Fsp3) is 0.652. The van der Waals surface area contributed by atoms with Gasteiger partial charge in [0.1, 0.15) is 0 Å². The van der Waals surface area contributed by atoms with Crippen molar-refractivity contribution < 1.29 is 13.2 Å². The molecule has 0 nitrogen and oxygen atoms in total. The summed E-state index contributed by atoms with van der Waals surface area (Å²) < 4.78 is 41.0. The van der Waals surface area contributed by atoms with Gasteiger partial charge in [0.2, 0.25) is 0 Å². The van der Waals surface area contributed by atoms with E-state index in [0.29, 0.717) is 5.92 Å². The van der Waals surface area contributed by atoms with Gasteiger partial charge in [0.05, 0.1) is 0 Å². The van der Waals surface area contributed by atoms with Crippen molar-refractivity contribution in [2.24, 2.45) is 23.7 Å². The highest BCUT2D eigenvalue weighted by molar-refractivity contribution is 5.69. The van der Waals surface area contributed by atoms with Gasteiger partial charge in [-0.1, -0.05) is 32.3 Å². The molecule has 0 aliphatic heterocycles. The molecule has 3 rings (SSSR count). The van der Waals surface area contributed by atoms with Gasteiger partial charge in [-0.25, -0.2) is 13.2 Å². The first kappa shape index (κ1) is 19.5. The van der Waals surface area contributed by atoms with Crippen molar-refractivity contribution in [1.29, 1.82) is 0 Å². The van der Waals surface area contributed by atoms with Crippen LogP contribution in [0.25, 0.3) is 5.57 Å². The summed E-state index contributed by atoms with van der Waals surface area (Å²) in [6, 6.07) is 2.43. The third-order valence-electron chi connectivity index (χ3n) is 6.92. The summed E-state index contributed by atoms with van der Waals surface area (Å²) in [6.07, 6.45) is 9.32. The van der Waals surface area contributed by atoms with Crippen molar-refractivity contribution in [2.75, 3.05) is 0 Å². The first-order valence-electron chi connectivity index (χ1n) is 10.2. The Morgan fingerprint density at radius 2 is 1.77 bits per heavy atom. The highest BCUT2D eigenvalue weighted by Gasteiger charge is 2.34. The number of hydrogen-bond donors (Lipinski definition) is 0. The summed E-state index contributed by atoms with van der Waals surface area (Å²) >= 11 is 0. The molecule has 3 heteroatoms. The molecule has 26 heavy (non-hydrogen) atoms. The van der Waals surface area contributed by atoms with Crippen LogP contribution in [0.2, 0.25) is 0 Å². The summed E-state index contributed by atoms with van der Waals surface area (Å²) in [6.45, 7) is 6.71. The number of benzene rings is 1. The average Bonchev–Trinajstić information content (AvgIpc) is 2.62. The predicted molar refractivity (Wildman–Crippen MR) is 101 cm³/mol. The maximum atomic E-state index is 14.2. The van der Waals surface area contributed by atoms with Crippen LogP contribution in [0.5, 0.6) is 0 Å². The first-order valence-corrected chi connectivity index (χ1v) is 10.2. The van der Waals surface area contributed by atoms with E-state index >= 15 is 0 Å². The Balaban J connectivity index is 1.71. The molecule has 4 atom stereocenters. The van der Waals surface area contributed by atoms with E-state index < -0.39 is 17.5 Å². The minimum absolute atomic E-state index is 0.250. The Hall–Kier alpha value is -1.25. The molecular weight excluding hydrogens is 333 g/mol. The molecule has 0 radical (unpaired) electrons. The van der Waals surface area contributed by atoms with Crippen LogP contribution < -0.4 is 0 Å². The van der Waals surface area contributed by atoms with Crippen LogP contribution in [0.3, 0.4) is 0 Å². The maximum absolute atomic E-state index is 14.2. The molecule has 3 unspecified atom stereocenters. The smallest absolute Gasteiger partial charge is 0.195 e. The van der Waals surface area contributed by atoms with E-state index in [2.05, 4.69) is 13.8 Å². The summed E-state index contributed by atoms with van der Waals surface area (Å²) in [4.78, 5) is 0. The monoisotopic (exact) mass is 364 g/mol. The lowest BCUT2D eigenvalue weighted by Crippen LogP contribution is -2.29. The van der Waals surface area contributed by atoms with Crippen molar-refractivity contribution in [3.8, 4) is 0 Å². The fourth-order valence-corrected chi connectivity index (χ4v) is 5.42. The predicted octanol–water partition coefficient (Wildman–Crippen LogP) is 7.53. The van der Waals surface area contributed by atoms with E-state index in [4.69, 9.17) is 0 Å². The van der Waals surface area contributed by atoms with Gasteiger partial charge >= 0.3 is 0 Å². The van der Waals surface area contributed by atoms with E-state index in [1.807, 2.05) is 6.92 Å². The van der Waals surface area contributed by atoms with Gasteiger partial charge in [0.25, 0.3) is 0 Å². The molecule has 1 fully saturated rings. The molecule has 0 saturated heterocycles. The molecule has 0 aromatic heterocycles. The van der Waals surface area contributed by atoms with Crippen molar-refractivity contribution in [1.82, 2.24) is 0 Å². The normalized spacial score (nSPS) is 29.9. The van der Waals surface area contributed by atoms with Crippen LogP contribution >= 0.6 is 0 Å². The Morgan fingerprint density at radius 1 is 1.00 bits per heavy atom. The molecule has 2 aliphatic carbocycles. The number of allylic oxidation sites excluding steroid dienone is 2. The van der Waals surface area contributed by atoms with Gasteiger partial charge in [0.15, 0.2) is 17.5 Å². The highest BCUT2D eigenvalue weighted by atomic mass is 19.2. The van der Waals surface area contributed by atoms with Crippen LogP contribution in [-0.2, 0) is 0 Å². The zero-order chi connectivity index (χ0) is 18.8. The molecule has 1 aromatic rings. The number of rotatable bonds is 4.